The molecule has 0 aliphatic heterocycles. The fraction of sp³-hybridized carbons (Fsp3) is 1.00. The Balaban J connectivity index is 2.68. The van der Waals surface area contributed by atoms with Crippen LogP contribution >= 0.6 is 0 Å². The van der Waals surface area contributed by atoms with Crippen LogP contribution in [0, 0.1) is 0 Å². The molecule has 1 atom stereocenters. The SMILES string of the molecule is COCNC(N)O. The van der Waals surface area contributed by atoms with Crippen LogP contribution in [-0.2, 0) is 4.74 Å². The number of nitrogens with one attached hydrogen (secondary N) is 1. The lowest BCUT2D eigenvalue weighted by Crippen LogP contribution is -2.37. The Morgan fingerprint density at radius 1 is 2.00 bits per heavy atom. The van der Waals surface area contributed by atoms with Gasteiger partial charge in [0.1, 0.15) is 0 Å². The number of aliphatic hydroxyl groups is 1. The number of hydrogen-bond acceptors (Lipinski definition) is 4. The van der Waals surface area contributed by atoms with Crippen molar-refractivity contribution in [2.75, 3.05) is 13.8 Å². The van der Waals surface area contributed by atoms with Gasteiger partial charge in [-0.3, -0.25) is 11.1 Å². The molecule has 0 spiro atoms. The van der Waals surface area contributed by atoms with Crippen molar-refractivity contribution in [1.82, 2.24) is 5.32 Å². The van der Waals surface area contributed by atoms with Gasteiger partial charge in [-0.15, -0.1) is 0 Å². The zero-order chi connectivity index (χ0) is 5.70. The minimum absolute atomic E-state index is 0.275. The topological polar surface area (TPSA) is 67.5 Å². The van der Waals surface area contributed by atoms with Gasteiger partial charge < -0.3 is 9.84 Å². The lowest BCUT2D eigenvalue weighted by atomic mass is 10.9. The van der Waals surface area contributed by atoms with Crippen molar-refractivity contribution in [3.8, 4) is 0 Å². The van der Waals surface area contributed by atoms with Gasteiger partial charge in [-0.1, -0.05) is 0 Å². The van der Waals surface area contributed by atoms with Gasteiger partial charge in [0.05, 0.1) is 6.73 Å². The van der Waals surface area contributed by atoms with E-state index in [1.807, 2.05) is 0 Å². The lowest BCUT2D eigenvalue weighted by Gasteiger charge is -2.03. The molecule has 44 valence electrons. The van der Waals surface area contributed by atoms with Gasteiger partial charge in [0.25, 0.3) is 0 Å². The number of hydrogen-bond donors (Lipinski definition) is 3. The van der Waals surface area contributed by atoms with Gasteiger partial charge in [-0.2, -0.15) is 0 Å². The Labute approximate surface area is 42.3 Å². The van der Waals surface area contributed by atoms with Crippen LogP contribution in [0.15, 0.2) is 0 Å². The summed E-state index contributed by atoms with van der Waals surface area (Å²) in [5.41, 5.74) is 4.84. The van der Waals surface area contributed by atoms with E-state index in [2.05, 4.69) is 10.1 Å². The van der Waals surface area contributed by atoms with Gasteiger partial charge in [-0.25, -0.2) is 0 Å². The Kier molecular flexibility index (Phi) is 3.92. The number of aliphatic hydroxyl groups excluding tert-OH is 1. The highest BCUT2D eigenvalue weighted by Crippen LogP contribution is 1.59. The molecule has 0 aromatic carbocycles. The van der Waals surface area contributed by atoms with E-state index in [-0.39, 0.29) is 6.73 Å². The van der Waals surface area contributed by atoms with E-state index >= 15 is 0 Å². The van der Waals surface area contributed by atoms with E-state index in [1.165, 1.54) is 7.11 Å². The van der Waals surface area contributed by atoms with Crippen LogP contribution in [0.25, 0.3) is 0 Å². The largest absolute Gasteiger partial charge is 0.369 e. The Hall–Kier alpha value is -0.160. The molecule has 0 amide bonds. The summed E-state index contributed by atoms with van der Waals surface area (Å²) in [6.07, 6.45) is -0.972. The van der Waals surface area contributed by atoms with Crippen LogP contribution < -0.4 is 11.1 Å². The summed E-state index contributed by atoms with van der Waals surface area (Å²) >= 11 is 0. The minimum Gasteiger partial charge on any atom is -0.369 e. The van der Waals surface area contributed by atoms with Gasteiger partial charge in [0.15, 0.2) is 6.35 Å². The number of ether oxygens (including phenoxy) is 1. The van der Waals surface area contributed by atoms with Gasteiger partial charge in [0.2, 0.25) is 0 Å². The fourth-order valence-electron chi connectivity index (χ4n) is 0.169. The molecule has 0 rings (SSSR count). The van der Waals surface area contributed by atoms with Crippen molar-refractivity contribution in [3.63, 3.8) is 0 Å². The maximum Gasteiger partial charge on any atom is 0.159 e. The summed E-state index contributed by atoms with van der Waals surface area (Å²) in [6, 6.07) is 0. The first-order valence-corrected chi connectivity index (χ1v) is 1.93. The predicted molar refractivity (Wildman–Crippen MR) is 25.2 cm³/mol. The third-order valence-corrected chi connectivity index (χ3v) is 0.437. The number of nitrogens with two attached hydrogens (primary N) is 1. The summed E-state index contributed by atoms with van der Waals surface area (Å²) in [6.45, 7) is 0.275. The molecule has 0 aromatic rings. The standard InChI is InChI=1S/C3H10N2O2/c1-7-2-5-3(4)6/h3,5-6H,2,4H2,1H3. The summed E-state index contributed by atoms with van der Waals surface area (Å²) in [7, 11) is 1.51. The van der Waals surface area contributed by atoms with E-state index in [9.17, 15) is 0 Å². The van der Waals surface area contributed by atoms with Crippen LogP contribution in [0.2, 0.25) is 0 Å². The van der Waals surface area contributed by atoms with E-state index in [4.69, 9.17) is 10.8 Å². The molecule has 0 aliphatic rings. The fourth-order valence-corrected chi connectivity index (χ4v) is 0.169. The van der Waals surface area contributed by atoms with Gasteiger partial charge in [0, 0.05) is 7.11 Å². The number of methoxy groups -OCH3 is 1. The van der Waals surface area contributed by atoms with Crippen molar-refractivity contribution < 1.29 is 9.84 Å². The summed E-state index contributed by atoms with van der Waals surface area (Å²) < 4.78 is 4.50. The molecule has 7 heavy (non-hydrogen) atoms. The van der Waals surface area contributed by atoms with E-state index in [0.717, 1.165) is 0 Å². The molecule has 4 heteroatoms. The van der Waals surface area contributed by atoms with Crippen LogP contribution in [0.3, 0.4) is 0 Å². The second kappa shape index (κ2) is 4.01. The molecular formula is C3H10N2O2. The monoisotopic (exact) mass is 106 g/mol. The van der Waals surface area contributed by atoms with Crippen LogP contribution in [0.4, 0.5) is 0 Å². The zero-order valence-electron chi connectivity index (χ0n) is 4.22. The second-order valence-electron chi connectivity index (χ2n) is 1.08. The molecule has 1 unspecified atom stereocenters. The normalized spacial score (nSPS) is 14.1. The summed E-state index contributed by atoms with van der Waals surface area (Å²) in [5, 5.41) is 10.7. The molecule has 0 radical (unpaired) electrons. The van der Waals surface area contributed by atoms with Crippen molar-refractivity contribution >= 4 is 0 Å². The van der Waals surface area contributed by atoms with Crippen molar-refractivity contribution in [1.29, 1.82) is 0 Å². The first-order chi connectivity index (χ1) is 3.27. The summed E-state index contributed by atoms with van der Waals surface area (Å²) in [5.74, 6) is 0. The highest BCUT2D eigenvalue weighted by molar-refractivity contribution is 4.30. The molecule has 0 heterocycles. The average molecular weight is 106 g/mol. The van der Waals surface area contributed by atoms with Gasteiger partial charge in [-0.05, 0) is 0 Å². The highest BCUT2D eigenvalue weighted by atomic mass is 16.5. The lowest BCUT2D eigenvalue weighted by molar-refractivity contribution is 0.0804. The molecule has 0 fully saturated rings. The molecule has 0 aliphatic carbocycles. The third-order valence-electron chi connectivity index (χ3n) is 0.437. The smallest absolute Gasteiger partial charge is 0.159 e. The first kappa shape index (κ1) is 6.84. The highest BCUT2D eigenvalue weighted by Gasteiger charge is 1.87. The number of rotatable bonds is 3. The molecule has 0 bridgehead atoms. The molecule has 0 saturated heterocycles. The van der Waals surface area contributed by atoms with Gasteiger partial charge >= 0.3 is 0 Å². The summed E-state index contributed by atoms with van der Waals surface area (Å²) in [4.78, 5) is 0. The maximum atomic E-state index is 8.27. The first-order valence-electron chi connectivity index (χ1n) is 1.93. The second-order valence-corrected chi connectivity index (χ2v) is 1.08. The molecule has 0 aromatic heterocycles. The zero-order valence-corrected chi connectivity index (χ0v) is 4.22. The van der Waals surface area contributed by atoms with Crippen molar-refractivity contribution in [2.24, 2.45) is 5.73 Å². The Morgan fingerprint density at radius 2 is 2.57 bits per heavy atom. The predicted octanol–water partition coefficient (Wildman–Crippen LogP) is -1.59. The minimum atomic E-state index is -0.972. The molecular weight excluding hydrogens is 96.0 g/mol. The average Bonchev–Trinajstić information content (AvgIpc) is 1.61. The van der Waals surface area contributed by atoms with E-state index in [1.54, 1.807) is 0 Å². The Bertz CT molecular complexity index is 39.9. The van der Waals surface area contributed by atoms with E-state index < -0.39 is 6.35 Å². The van der Waals surface area contributed by atoms with Crippen LogP contribution in [0.5, 0.6) is 0 Å². The molecule has 4 N–H and O–H groups in total. The Morgan fingerprint density at radius 3 is 2.71 bits per heavy atom. The molecule has 4 nitrogen and oxygen atoms in total. The molecule has 0 saturated carbocycles. The van der Waals surface area contributed by atoms with E-state index in [0.29, 0.717) is 0 Å². The van der Waals surface area contributed by atoms with Crippen LogP contribution in [0.1, 0.15) is 0 Å². The van der Waals surface area contributed by atoms with Crippen molar-refractivity contribution in [2.45, 2.75) is 6.35 Å². The third kappa shape index (κ3) is 5.84. The van der Waals surface area contributed by atoms with Crippen molar-refractivity contribution in [3.05, 3.63) is 0 Å². The maximum absolute atomic E-state index is 8.27. The quantitative estimate of drug-likeness (QED) is 0.380. The van der Waals surface area contributed by atoms with Crippen LogP contribution in [-0.4, -0.2) is 25.3 Å².